The molecule has 0 aromatic heterocycles. The zero-order chi connectivity index (χ0) is 11.4. The van der Waals surface area contributed by atoms with E-state index >= 15 is 0 Å². The molecule has 0 spiro atoms. The zero-order valence-corrected chi connectivity index (χ0v) is 10.4. The molecule has 0 nitrogen and oxygen atoms in total. The fourth-order valence-electron chi connectivity index (χ4n) is 1.66. The van der Waals surface area contributed by atoms with Crippen LogP contribution >= 0.6 is 0 Å². The summed E-state index contributed by atoms with van der Waals surface area (Å²) in [5.41, 5.74) is 6.66. The van der Waals surface area contributed by atoms with E-state index in [-0.39, 0.29) is 0 Å². The summed E-state index contributed by atoms with van der Waals surface area (Å²) in [5.74, 6) is 0. The molecular weight excluding hydrogens is 180 g/mol. The summed E-state index contributed by atoms with van der Waals surface area (Å²) < 4.78 is 0. The molecule has 0 N–H and O–H groups in total. The molecule has 0 aliphatic heterocycles. The Morgan fingerprint density at radius 1 is 0.667 bits per heavy atom. The van der Waals surface area contributed by atoms with E-state index in [1.807, 2.05) is 0 Å². The molecule has 0 unspecified atom stereocenters. The van der Waals surface area contributed by atoms with Crippen LogP contribution in [-0.4, -0.2) is 0 Å². The van der Waals surface area contributed by atoms with Crippen molar-refractivity contribution < 1.29 is 0 Å². The molecule has 0 heterocycles. The van der Waals surface area contributed by atoms with Gasteiger partial charge in [-0.3, -0.25) is 0 Å². The summed E-state index contributed by atoms with van der Waals surface area (Å²) in [7, 11) is 0. The lowest BCUT2D eigenvalue weighted by Gasteiger charge is -2.01. The van der Waals surface area contributed by atoms with E-state index in [1.54, 1.807) is 0 Å². The molecule has 0 aliphatic carbocycles. The van der Waals surface area contributed by atoms with E-state index in [2.05, 4.69) is 65.0 Å². The highest BCUT2D eigenvalue weighted by atomic mass is 14.0. The van der Waals surface area contributed by atoms with Gasteiger partial charge in [0.2, 0.25) is 0 Å². The normalized spacial score (nSPS) is 9.67. The van der Waals surface area contributed by atoms with Gasteiger partial charge in [-0.25, -0.2) is 0 Å². The maximum atomic E-state index is 2.23. The van der Waals surface area contributed by atoms with E-state index in [4.69, 9.17) is 0 Å². The monoisotopic (exact) mass is 200 g/mol. The summed E-state index contributed by atoms with van der Waals surface area (Å²) in [6, 6.07) is 10.9. The Morgan fingerprint density at radius 3 is 1.47 bits per heavy atom. The lowest BCUT2D eigenvalue weighted by Crippen LogP contribution is -1.83. The highest BCUT2D eigenvalue weighted by molar-refractivity contribution is 5.32. The van der Waals surface area contributed by atoms with Crippen molar-refractivity contribution >= 4 is 0 Å². The van der Waals surface area contributed by atoms with E-state index in [9.17, 15) is 0 Å². The standard InChI is InChI=1S/C15H20/c1-11-7-6-8-12(2)10-14(4)15(5)13(3)9-11/h6-10H,1-5H3. The van der Waals surface area contributed by atoms with E-state index in [1.165, 1.54) is 27.8 Å². The van der Waals surface area contributed by atoms with Crippen LogP contribution in [0.15, 0.2) is 30.3 Å². The van der Waals surface area contributed by atoms with Gasteiger partial charge < -0.3 is 0 Å². The van der Waals surface area contributed by atoms with E-state index < -0.39 is 0 Å². The maximum absolute atomic E-state index is 2.23. The largest absolute Gasteiger partial charge is 0.0617 e. The molecule has 0 heteroatoms. The molecule has 0 atom stereocenters. The van der Waals surface area contributed by atoms with E-state index in [0.29, 0.717) is 0 Å². The highest BCUT2D eigenvalue weighted by Gasteiger charge is 1.92. The van der Waals surface area contributed by atoms with Crippen molar-refractivity contribution in [2.75, 3.05) is 0 Å². The first kappa shape index (κ1) is 11.8. The summed E-state index contributed by atoms with van der Waals surface area (Å²) in [5, 5.41) is 0. The van der Waals surface area contributed by atoms with Gasteiger partial charge in [0.25, 0.3) is 0 Å². The first-order chi connectivity index (χ1) is 7.00. The van der Waals surface area contributed by atoms with Crippen molar-refractivity contribution in [3.63, 3.8) is 0 Å². The van der Waals surface area contributed by atoms with Gasteiger partial charge >= 0.3 is 0 Å². The predicted molar refractivity (Wildman–Crippen MR) is 67.8 cm³/mol. The molecule has 0 aliphatic rings. The van der Waals surface area contributed by atoms with Gasteiger partial charge in [-0.2, -0.15) is 0 Å². The van der Waals surface area contributed by atoms with Gasteiger partial charge in [0.05, 0.1) is 0 Å². The van der Waals surface area contributed by atoms with Crippen LogP contribution in [0, 0.1) is 34.6 Å². The molecule has 0 bridgehead atoms. The van der Waals surface area contributed by atoms with Crippen molar-refractivity contribution in [2.45, 2.75) is 34.6 Å². The number of hydrogen-bond donors (Lipinski definition) is 0. The Balaban J connectivity index is 3.60. The summed E-state index contributed by atoms with van der Waals surface area (Å²) in [6.07, 6.45) is 0. The molecule has 0 amide bonds. The average molecular weight is 200 g/mol. The van der Waals surface area contributed by atoms with Gasteiger partial charge in [-0.1, -0.05) is 41.5 Å². The Labute approximate surface area is 93.3 Å². The Kier molecular flexibility index (Phi) is 3.90. The predicted octanol–water partition coefficient (Wildman–Crippen LogP) is 4.35. The van der Waals surface area contributed by atoms with Gasteiger partial charge in [0.1, 0.15) is 0 Å². The Bertz CT molecular complexity index is 376. The molecule has 0 saturated heterocycles. The minimum atomic E-state index is 1.30. The lowest BCUT2D eigenvalue weighted by atomic mass is 10.1. The van der Waals surface area contributed by atoms with Crippen molar-refractivity contribution in [2.24, 2.45) is 0 Å². The zero-order valence-electron chi connectivity index (χ0n) is 10.4. The molecule has 15 heavy (non-hydrogen) atoms. The second-order valence-electron chi connectivity index (χ2n) is 4.29. The van der Waals surface area contributed by atoms with E-state index in [0.717, 1.165) is 0 Å². The fourth-order valence-corrected chi connectivity index (χ4v) is 1.66. The third kappa shape index (κ3) is 3.39. The SMILES string of the molecule is Cc1cccc(C)cc(C)c(C)c(C)c1. The average Bonchev–Trinajstić information content (AvgIpc) is 2.14. The maximum Gasteiger partial charge on any atom is -0.0392 e. The molecular formula is C15H20. The Morgan fingerprint density at radius 2 is 1.07 bits per heavy atom. The molecule has 1 rings (SSSR count). The first-order valence-electron chi connectivity index (χ1n) is 5.40. The molecule has 1 aromatic carbocycles. The van der Waals surface area contributed by atoms with Crippen molar-refractivity contribution in [1.29, 1.82) is 0 Å². The van der Waals surface area contributed by atoms with Gasteiger partial charge in [0, 0.05) is 0 Å². The molecule has 0 radical (unpaired) electrons. The quantitative estimate of drug-likeness (QED) is 0.584. The second-order valence-corrected chi connectivity index (χ2v) is 4.29. The fraction of sp³-hybridized carbons (Fsp3) is 0.333. The van der Waals surface area contributed by atoms with Crippen LogP contribution in [0.4, 0.5) is 0 Å². The lowest BCUT2D eigenvalue weighted by molar-refractivity contribution is 1.26. The first-order valence-corrected chi connectivity index (χ1v) is 5.40. The summed E-state index contributed by atoms with van der Waals surface area (Å²) >= 11 is 0. The molecule has 0 fully saturated rings. The van der Waals surface area contributed by atoms with Crippen LogP contribution in [0.3, 0.4) is 0 Å². The Hall–Kier alpha value is -1.30. The summed E-state index contributed by atoms with van der Waals surface area (Å²) in [6.45, 7) is 10.8. The van der Waals surface area contributed by atoms with Crippen LogP contribution in [0.1, 0.15) is 27.8 Å². The van der Waals surface area contributed by atoms with Crippen molar-refractivity contribution in [1.82, 2.24) is 0 Å². The van der Waals surface area contributed by atoms with Crippen LogP contribution in [-0.2, 0) is 0 Å². The highest BCUT2D eigenvalue weighted by Crippen LogP contribution is 2.10. The number of rotatable bonds is 0. The third-order valence-electron chi connectivity index (χ3n) is 2.79. The summed E-state index contributed by atoms with van der Waals surface area (Å²) in [4.78, 5) is 0. The van der Waals surface area contributed by atoms with Crippen molar-refractivity contribution in [3.05, 3.63) is 58.1 Å². The van der Waals surface area contributed by atoms with Gasteiger partial charge in [0.15, 0.2) is 0 Å². The van der Waals surface area contributed by atoms with Crippen molar-refractivity contribution in [3.8, 4) is 0 Å². The number of hydrogen-bond acceptors (Lipinski definition) is 0. The molecule has 1 aromatic rings. The van der Waals surface area contributed by atoms with Gasteiger partial charge in [-0.15, -0.1) is 0 Å². The van der Waals surface area contributed by atoms with Crippen LogP contribution in [0.5, 0.6) is 0 Å². The van der Waals surface area contributed by atoms with Crippen LogP contribution < -0.4 is 0 Å². The van der Waals surface area contributed by atoms with Crippen LogP contribution in [0.25, 0.3) is 0 Å². The van der Waals surface area contributed by atoms with Gasteiger partial charge in [-0.05, 0) is 51.3 Å². The second kappa shape index (κ2) is 4.97. The topological polar surface area (TPSA) is 0 Å². The third-order valence-corrected chi connectivity index (χ3v) is 2.79. The van der Waals surface area contributed by atoms with Crippen LogP contribution in [0.2, 0.25) is 0 Å². The molecule has 80 valence electrons. The number of aryl methyl sites for hydroxylation is 4. The smallest absolute Gasteiger partial charge is 0.0392 e. The minimum absolute atomic E-state index is 1.30. The molecule has 0 saturated carbocycles. The minimum Gasteiger partial charge on any atom is -0.0617 e.